The van der Waals surface area contributed by atoms with Crippen LogP contribution in [0.4, 0.5) is 5.69 Å². The molecule has 5 heteroatoms. The average Bonchev–Trinajstić information content (AvgIpc) is 2.39. The highest BCUT2D eigenvalue weighted by molar-refractivity contribution is 14.1. The monoisotopic (exact) mass is 426 g/mol. The van der Waals surface area contributed by atoms with Crippen molar-refractivity contribution in [3.05, 3.63) is 61.6 Å². The summed E-state index contributed by atoms with van der Waals surface area (Å²) in [5.41, 5.74) is 1.78. The fourth-order valence-corrected chi connectivity index (χ4v) is 2.32. The number of hydrogen-bond acceptors (Lipinski definition) is 2. The SMILES string of the molecule is N#Cc1ccc(NC(=O)c2ccc(I)cc2)cc1Br. The first kappa shape index (κ1) is 14.0. The third kappa shape index (κ3) is 3.55. The van der Waals surface area contributed by atoms with Crippen molar-refractivity contribution in [2.24, 2.45) is 0 Å². The Morgan fingerprint density at radius 3 is 2.47 bits per heavy atom. The molecule has 0 aromatic heterocycles. The fourth-order valence-electron chi connectivity index (χ4n) is 1.49. The zero-order chi connectivity index (χ0) is 13.8. The van der Waals surface area contributed by atoms with Gasteiger partial charge < -0.3 is 5.32 Å². The van der Waals surface area contributed by atoms with Gasteiger partial charge in [0.15, 0.2) is 0 Å². The first-order valence-electron chi connectivity index (χ1n) is 5.37. The lowest BCUT2D eigenvalue weighted by Crippen LogP contribution is -2.11. The Bertz CT molecular complexity index is 662. The summed E-state index contributed by atoms with van der Waals surface area (Å²) in [7, 11) is 0. The fraction of sp³-hybridized carbons (Fsp3) is 0. The van der Waals surface area contributed by atoms with Crippen LogP contribution in [0.3, 0.4) is 0 Å². The maximum atomic E-state index is 12.0. The number of nitrogens with zero attached hydrogens (tertiary/aromatic N) is 1. The molecule has 0 spiro atoms. The summed E-state index contributed by atoms with van der Waals surface area (Å²) in [5.74, 6) is -0.173. The maximum absolute atomic E-state index is 12.0. The van der Waals surface area contributed by atoms with Gasteiger partial charge in [0.2, 0.25) is 0 Å². The van der Waals surface area contributed by atoms with Crippen molar-refractivity contribution in [3.63, 3.8) is 0 Å². The molecule has 0 radical (unpaired) electrons. The lowest BCUT2D eigenvalue weighted by atomic mass is 10.2. The summed E-state index contributed by atoms with van der Waals surface area (Å²) in [6.07, 6.45) is 0. The van der Waals surface area contributed by atoms with E-state index in [1.807, 2.05) is 12.1 Å². The number of benzene rings is 2. The predicted molar refractivity (Wildman–Crippen MR) is 86.0 cm³/mol. The Morgan fingerprint density at radius 2 is 1.89 bits per heavy atom. The van der Waals surface area contributed by atoms with Crippen molar-refractivity contribution < 1.29 is 4.79 Å². The topological polar surface area (TPSA) is 52.9 Å². The van der Waals surface area contributed by atoms with Crippen LogP contribution in [0.25, 0.3) is 0 Å². The number of nitrogens with one attached hydrogen (secondary N) is 1. The Balaban J connectivity index is 2.17. The van der Waals surface area contributed by atoms with Crippen LogP contribution in [0.2, 0.25) is 0 Å². The van der Waals surface area contributed by atoms with Gasteiger partial charge in [-0.15, -0.1) is 0 Å². The van der Waals surface area contributed by atoms with Crippen LogP contribution in [-0.4, -0.2) is 5.91 Å². The van der Waals surface area contributed by atoms with Crippen LogP contribution < -0.4 is 5.32 Å². The van der Waals surface area contributed by atoms with Crippen molar-refractivity contribution in [2.45, 2.75) is 0 Å². The molecule has 0 aliphatic heterocycles. The molecule has 0 fully saturated rings. The molecule has 2 aromatic carbocycles. The quantitative estimate of drug-likeness (QED) is 0.732. The molecule has 0 aliphatic carbocycles. The highest BCUT2D eigenvalue weighted by Crippen LogP contribution is 2.21. The molecule has 94 valence electrons. The molecule has 0 aliphatic rings. The second kappa shape index (κ2) is 6.17. The number of carbonyl (C=O) groups excluding carboxylic acids is 1. The molecule has 19 heavy (non-hydrogen) atoms. The van der Waals surface area contributed by atoms with Gasteiger partial charge in [-0.3, -0.25) is 4.79 Å². The molecule has 2 rings (SSSR count). The number of anilines is 1. The third-order valence-electron chi connectivity index (χ3n) is 2.45. The Hall–Kier alpha value is -1.39. The number of carbonyl (C=O) groups is 1. The van der Waals surface area contributed by atoms with E-state index < -0.39 is 0 Å². The van der Waals surface area contributed by atoms with Gasteiger partial charge in [0, 0.05) is 19.3 Å². The van der Waals surface area contributed by atoms with E-state index in [1.54, 1.807) is 30.3 Å². The van der Waals surface area contributed by atoms with Gasteiger partial charge in [0.1, 0.15) is 6.07 Å². The Morgan fingerprint density at radius 1 is 1.21 bits per heavy atom. The van der Waals surface area contributed by atoms with Crippen molar-refractivity contribution >= 4 is 50.1 Å². The molecule has 3 nitrogen and oxygen atoms in total. The minimum atomic E-state index is -0.173. The van der Waals surface area contributed by atoms with Gasteiger partial charge >= 0.3 is 0 Å². The highest BCUT2D eigenvalue weighted by Gasteiger charge is 2.07. The van der Waals surface area contributed by atoms with E-state index in [1.165, 1.54) is 0 Å². The van der Waals surface area contributed by atoms with E-state index in [2.05, 4.69) is 49.9 Å². The normalized spacial score (nSPS) is 9.74. The molecule has 0 bridgehead atoms. The van der Waals surface area contributed by atoms with Gasteiger partial charge in [0.05, 0.1) is 5.56 Å². The minimum Gasteiger partial charge on any atom is -0.322 e. The zero-order valence-electron chi connectivity index (χ0n) is 9.65. The van der Waals surface area contributed by atoms with Gasteiger partial charge in [-0.2, -0.15) is 5.26 Å². The van der Waals surface area contributed by atoms with Crippen LogP contribution in [0, 0.1) is 14.9 Å². The van der Waals surface area contributed by atoms with Crippen LogP contribution in [0.5, 0.6) is 0 Å². The van der Waals surface area contributed by atoms with Crippen LogP contribution in [0.1, 0.15) is 15.9 Å². The number of nitriles is 1. The molecule has 0 heterocycles. The predicted octanol–water partition coefficient (Wildman–Crippen LogP) is 4.18. The molecule has 1 amide bonds. The lowest BCUT2D eigenvalue weighted by molar-refractivity contribution is 0.102. The summed E-state index contributed by atoms with van der Waals surface area (Å²) in [6.45, 7) is 0. The largest absolute Gasteiger partial charge is 0.322 e. The van der Waals surface area contributed by atoms with E-state index in [9.17, 15) is 4.79 Å². The number of halogens is 2. The molecule has 0 saturated carbocycles. The van der Waals surface area contributed by atoms with Crippen molar-refractivity contribution in [3.8, 4) is 6.07 Å². The molecule has 0 unspecified atom stereocenters. The summed E-state index contributed by atoms with van der Waals surface area (Å²) in [6, 6.07) is 14.4. The number of rotatable bonds is 2. The van der Waals surface area contributed by atoms with Gasteiger partial charge in [0.25, 0.3) is 5.91 Å². The van der Waals surface area contributed by atoms with E-state index in [4.69, 9.17) is 5.26 Å². The standard InChI is InChI=1S/C14H8BrIN2O/c15-13-7-12(6-3-10(13)8-17)18-14(19)9-1-4-11(16)5-2-9/h1-7H,(H,18,19). The van der Waals surface area contributed by atoms with Crippen molar-refractivity contribution in [2.75, 3.05) is 5.32 Å². The summed E-state index contributed by atoms with van der Waals surface area (Å²) in [4.78, 5) is 12.0. The van der Waals surface area contributed by atoms with E-state index in [-0.39, 0.29) is 5.91 Å². The summed E-state index contributed by atoms with van der Waals surface area (Å²) in [5, 5.41) is 11.6. The molecule has 0 saturated heterocycles. The average molecular weight is 427 g/mol. The minimum absolute atomic E-state index is 0.173. The van der Waals surface area contributed by atoms with Crippen LogP contribution in [-0.2, 0) is 0 Å². The number of hydrogen-bond donors (Lipinski definition) is 1. The van der Waals surface area contributed by atoms with E-state index >= 15 is 0 Å². The molecular weight excluding hydrogens is 419 g/mol. The Kier molecular flexibility index (Phi) is 4.56. The second-order valence-corrected chi connectivity index (χ2v) is 5.87. The van der Waals surface area contributed by atoms with Gasteiger partial charge in [-0.05, 0) is 81.0 Å². The first-order chi connectivity index (χ1) is 9.10. The Labute approximate surface area is 132 Å². The highest BCUT2D eigenvalue weighted by atomic mass is 127. The van der Waals surface area contributed by atoms with Gasteiger partial charge in [-0.1, -0.05) is 0 Å². The smallest absolute Gasteiger partial charge is 0.255 e. The van der Waals surface area contributed by atoms with E-state index in [0.717, 1.165) is 3.57 Å². The molecular formula is C14H8BrIN2O. The van der Waals surface area contributed by atoms with Crippen LogP contribution >= 0.6 is 38.5 Å². The maximum Gasteiger partial charge on any atom is 0.255 e. The second-order valence-electron chi connectivity index (χ2n) is 3.77. The summed E-state index contributed by atoms with van der Waals surface area (Å²) >= 11 is 5.48. The lowest BCUT2D eigenvalue weighted by Gasteiger charge is -2.06. The van der Waals surface area contributed by atoms with Gasteiger partial charge in [-0.25, -0.2) is 0 Å². The van der Waals surface area contributed by atoms with E-state index in [0.29, 0.717) is 21.3 Å². The molecule has 1 N–H and O–H groups in total. The first-order valence-corrected chi connectivity index (χ1v) is 7.24. The van der Waals surface area contributed by atoms with Crippen molar-refractivity contribution in [1.82, 2.24) is 0 Å². The molecule has 0 atom stereocenters. The summed E-state index contributed by atoms with van der Waals surface area (Å²) < 4.78 is 1.74. The molecule has 2 aromatic rings. The zero-order valence-corrected chi connectivity index (χ0v) is 13.4. The van der Waals surface area contributed by atoms with Crippen LogP contribution in [0.15, 0.2) is 46.9 Å². The van der Waals surface area contributed by atoms with Crippen molar-refractivity contribution in [1.29, 1.82) is 5.26 Å². The number of amides is 1. The third-order valence-corrected chi connectivity index (χ3v) is 3.83.